The molecule has 5 heteroatoms. The molecule has 2 N–H and O–H groups in total. The summed E-state index contributed by atoms with van der Waals surface area (Å²) >= 11 is 0. The molecule has 0 aliphatic carbocycles. The van der Waals surface area contributed by atoms with Crippen molar-refractivity contribution < 1.29 is 24.5 Å². The van der Waals surface area contributed by atoms with Crippen LogP contribution in [0.3, 0.4) is 0 Å². The molecule has 0 spiro atoms. The van der Waals surface area contributed by atoms with E-state index in [-0.39, 0.29) is 6.42 Å². The molecule has 0 rings (SSSR count). The lowest BCUT2D eigenvalue weighted by Crippen LogP contribution is -2.64. The lowest BCUT2D eigenvalue weighted by atomic mass is 9.75. The van der Waals surface area contributed by atoms with Gasteiger partial charge in [0, 0.05) is 13.5 Å². The Labute approximate surface area is 89.0 Å². The maximum atomic E-state index is 11.4. The van der Waals surface area contributed by atoms with Gasteiger partial charge in [0.25, 0.3) is 0 Å². The molecule has 5 nitrogen and oxygen atoms in total. The summed E-state index contributed by atoms with van der Waals surface area (Å²) in [4.78, 5) is 21.9. The first-order valence-electron chi connectivity index (χ1n) is 4.66. The number of Topliss-reactive ketones (excluding diaryl/α,β-unsaturated/α-hetero) is 1. The van der Waals surface area contributed by atoms with E-state index >= 15 is 0 Å². The van der Waals surface area contributed by atoms with Crippen LogP contribution in [0.15, 0.2) is 0 Å². The Morgan fingerprint density at radius 2 is 2.07 bits per heavy atom. The van der Waals surface area contributed by atoms with Crippen LogP contribution in [0.25, 0.3) is 0 Å². The van der Waals surface area contributed by atoms with Crippen molar-refractivity contribution >= 4 is 12.1 Å². The number of rotatable bonds is 6. The number of carbonyl (C=O) groups excluding carboxylic acids is 2. The van der Waals surface area contributed by atoms with Crippen LogP contribution in [0.5, 0.6) is 0 Å². The number of ether oxygens (including phenoxy) is 1. The van der Waals surface area contributed by atoms with E-state index in [0.29, 0.717) is 6.29 Å². The molecule has 0 aliphatic heterocycles. The fraction of sp³-hybridized carbons (Fsp3) is 0.800. The van der Waals surface area contributed by atoms with E-state index in [1.807, 2.05) is 0 Å². The van der Waals surface area contributed by atoms with Crippen LogP contribution < -0.4 is 0 Å². The third kappa shape index (κ3) is 2.25. The molecule has 0 saturated carbocycles. The Bertz CT molecular complexity index is 250. The van der Waals surface area contributed by atoms with Gasteiger partial charge in [-0.05, 0) is 20.8 Å². The van der Waals surface area contributed by atoms with Crippen molar-refractivity contribution in [2.45, 2.75) is 44.5 Å². The zero-order valence-corrected chi connectivity index (χ0v) is 9.48. The summed E-state index contributed by atoms with van der Waals surface area (Å²) in [6, 6.07) is 0. The normalized spacial score (nSPS) is 21.2. The number of hydrogen-bond acceptors (Lipinski definition) is 5. The van der Waals surface area contributed by atoms with Gasteiger partial charge >= 0.3 is 0 Å². The predicted molar refractivity (Wildman–Crippen MR) is 53.4 cm³/mol. The standard InChI is InChI=1S/C10H18O5/c1-7(12)10(14,8(2)13)9(3,15-4)5-6-11/h6-7,12,14H,5H2,1-4H3/t7-,9+,10+/m0/s1. The third-order valence-corrected chi connectivity index (χ3v) is 2.87. The van der Waals surface area contributed by atoms with Crippen LogP contribution >= 0.6 is 0 Å². The molecule has 0 bridgehead atoms. The fourth-order valence-corrected chi connectivity index (χ4v) is 1.66. The largest absolute Gasteiger partial charge is 0.390 e. The van der Waals surface area contributed by atoms with E-state index < -0.39 is 23.1 Å². The van der Waals surface area contributed by atoms with Crippen molar-refractivity contribution in [3.63, 3.8) is 0 Å². The Morgan fingerprint density at radius 3 is 2.27 bits per heavy atom. The minimum Gasteiger partial charge on any atom is -0.390 e. The highest BCUT2D eigenvalue weighted by atomic mass is 16.5. The van der Waals surface area contributed by atoms with Crippen molar-refractivity contribution in [2.75, 3.05) is 7.11 Å². The third-order valence-electron chi connectivity index (χ3n) is 2.87. The molecule has 0 aromatic carbocycles. The monoisotopic (exact) mass is 218 g/mol. The van der Waals surface area contributed by atoms with Crippen LogP contribution in [0.4, 0.5) is 0 Å². The summed E-state index contributed by atoms with van der Waals surface area (Å²) in [5.74, 6) is -0.635. The van der Waals surface area contributed by atoms with Gasteiger partial charge in [-0.25, -0.2) is 0 Å². The van der Waals surface area contributed by atoms with Crippen LogP contribution in [-0.2, 0) is 14.3 Å². The van der Waals surface area contributed by atoms with Gasteiger partial charge in [-0.1, -0.05) is 0 Å². The van der Waals surface area contributed by atoms with Crippen LogP contribution in [0.2, 0.25) is 0 Å². The number of aldehydes is 1. The smallest absolute Gasteiger partial charge is 0.177 e. The maximum absolute atomic E-state index is 11.4. The molecular formula is C10H18O5. The lowest BCUT2D eigenvalue weighted by molar-refractivity contribution is -0.203. The summed E-state index contributed by atoms with van der Waals surface area (Å²) in [5.41, 5.74) is -3.50. The summed E-state index contributed by atoms with van der Waals surface area (Å²) in [7, 11) is 1.28. The number of methoxy groups -OCH3 is 1. The first kappa shape index (κ1) is 14.2. The quantitative estimate of drug-likeness (QED) is 0.597. The van der Waals surface area contributed by atoms with Crippen molar-refractivity contribution in [3.8, 4) is 0 Å². The summed E-state index contributed by atoms with van der Waals surface area (Å²) < 4.78 is 5.00. The molecule has 0 heterocycles. The lowest BCUT2D eigenvalue weighted by Gasteiger charge is -2.43. The van der Waals surface area contributed by atoms with Gasteiger partial charge in [0.05, 0.1) is 6.10 Å². The number of aliphatic hydroxyl groups excluding tert-OH is 1. The Kier molecular flexibility index (Phi) is 4.58. The SMILES string of the molecule is CO[C@](C)(CC=O)[C@](O)(C(C)=O)[C@H](C)O. The van der Waals surface area contributed by atoms with Crippen molar-refractivity contribution in [1.82, 2.24) is 0 Å². The molecule has 3 atom stereocenters. The average molecular weight is 218 g/mol. The van der Waals surface area contributed by atoms with E-state index in [0.717, 1.165) is 6.92 Å². The van der Waals surface area contributed by atoms with Crippen LogP contribution in [0.1, 0.15) is 27.2 Å². The van der Waals surface area contributed by atoms with Gasteiger partial charge in [0.15, 0.2) is 11.4 Å². The molecule has 0 fully saturated rings. The molecule has 0 aliphatic rings. The summed E-state index contributed by atoms with van der Waals surface area (Å²) in [6.07, 6.45) is -0.954. The Hall–Kier alpha value is -0.780. The first-order chi connectivity index (χ1) is 6.76. The highest BCUT2D eigenvalue weighted by molar-refractivity contribution is 5.87. The van der Waals surface area contributed by atoms with E-state index in [1.54, 1.807) is 0 Å². The van der Waals surface area contributed by atoms with Crippen molar-refractivity contribution in [3.05, 3.63) is 0 Å². The average Bonchev–Trinajstić information content (AvgIpc) is 2.15. The van der Waals surface area contributed by atoms with Crippen LogP contribution in [-0.4, -0.2) is 46.7 Å². The van der Waals surface area contributed by atoms with E-state index in [2.05, 4.69) is 0 Å². The molecule has 88 valence electrons. The molecule has 0 amide bonds. The number of aliphatic hydroxyl groups is 2. The molecule has 0 unspecified atom stereocenters. The topological polar surface area (TPSA) is 83.8 Å². The molecule has 0 aromatic heterocycles. The predicted octanol–water partition coefficient (Wildman–Crippen LogP) is -0.319. The fourth-order valence-electron chi connectivity index (χ4n) is 1.66. The summed E-state index contributed by atoms with van der Waals surface area (Å²) in [6.45, 7) is 3.84. The molecule has 0 aromatic rings. The minimum absolute atomic E-state index is 0.176. The van der Waals surface area contributed by atoms with E-state index in [4.69, 9.17) is 4.74 Å². The van der Waals surface area contributed by atoms with Gasteiger partial charge in [0.2, 0.25) is 0 Å². The number of ketones is 1. The maximum Gasteiger partial charge on any atom is 0.177 e. The van der Waals surface area contributed by atoms with E-state index in [9.17, 15) is 19.8 Å². The van der Waals surface area contributed by atoms with Crippen LogP contribution in [0, 0.1) is 0 Å². The minimum atomic E-state index is -2.08. The van der Waals surface area contributed by atoms with Crippen molar-refractivity contribution in [2.24, 2.45) is 0 Å². The van der Waals surface area contributed by atoms with Gasteiger partial charge < -0.3 is 19.7 Å². The number of carbonyl (C=O) groups is 2. The Balaban J connectivity index is 5.38. The number of hydrogen-bond donors (Lipinski definition) is 2. The molecule has 0 saturated heterocycles. The molecule has 0 radical (unpaired) electrons. The van der Waals surface area contributed by atoms with Gasteiger partial charge in [-0.3, -0.25) is 4.79 Å². The van der Waals surface area contributed by atoms with Gasteiger partial charge in [0.1, 0.15) is 11.9 Å². The second kappa shape index (κ2) is 4.83. The Morgan fingerprint density at radius 1 is 1.60 bits per heavy atom. The second-order valence-corrected chi connectivity index (χ2v) is 3.80. The highest BCUT2D eigenvalue weighted by Gasteiger charge is 2.54. The first-order valence-corrected chi connectivity index (χ1v) is 4.66. The molecular weight excluding hydrogens is 200 g/mol. The summed E-state index contributed by atoms with van der Waals surface area (Å²) in [5, 5.41) is 19.6. The van der Waals surface area contributed by atoms with Gasteiger partial charge in [-0.2, -0.15) is 0 Å². The van der Waals surface area contributed by atoms with E-state index in [1.165, 1.54) is 21.0 Å². The van der Waals surface area contributed by atoms with Crippen molar-refractivity contribution in [1.29, 1.82) is 0 Å². The highest BCUT2D eigenvalue weighted by Crippen LogP contribution is 2.32. The second-order valence-electron chi connectivity index (χ2n) is 3.80. The zero-order chi connectivity index (χ0) is 12.3. The van der Waals surface area contributed by atoms with Gasteiger partial charge in [-0.15, -0.1) is 0 Å². The molecule has 15 heavy (non-hydrogen) atoms. The zero-order valence-electron chi connectivity index (χ0n) is 9.48.